The van der Waals surface area contributed by atoms with Gasteiger partial charge in [-0.05, 0) is 17.9 Å². The summed E-state index contributed by atoms with van der Waals surface area (Å²) in [7, 11) is 0. The lowest BCUT2D eigenvalue weighted by molar-refractivity contribution is 0.546. The van der Waals surface area contributed by atoms with E-state index in [-0.39, 0.29) is 5.56 Å². The van der Waals surface area contributed by atoms with Gasteiger partial charge in [0.2, 0.25) is 0 Å². The van der Waals surface area contributed by atoms with Crippen molar-refractivity contribution < 1.29 is 0 Å². The third-order valence-electron chi connectivity index (χ3n) is 2.16. The number of rotatable bonds is 5. The Hall–Kier alpha value is -1.32. The van der Waals surface area contributed by atoms with E-state index >= 15 is 0 Å². The van der Waals surface area contributed by atoms with E-state index in [0.717, 1.165) is 18.9 Å². The first-order valence-corrected chi connectivity index (χ1v) is 5.79. The van der Waals surface area contributed by atoms with E-state index in [4.69, 9.17) is 0 Å². The second kappa shape index (κ2) is 5.68. The maximum Gasteiger partial charge on any atom is 0.264 e. The van der Waals surface area contributed by atoms with Crippen molar-refractivity contribution in [2.24, 2.45) is 11.8 Å². The first kappa shape index (κ1) is 12.7. The van der Waals surface area contributed by atoms with Crippen LogP contribution in [0.4, 0.5) is 5.82 Å². The number of nitrogens with zero attached hydrogens (tertiary/aromatic N) is 2. The zero-order valence-corrected chi connectivity index (χ0v) is 10.5. The molecule has 1 aromatic rings. The first-order chi connectivity index (χ1) is 7.49. The van der Waals surface area contributed by atoms with Crippen molar-refractivity contribution in [3.05, 3.63) is 22.5 Å². The van der Waals surface area contributed by atoms with Crippen molar-refractivity contribution in [3.63, 3.8) is 0 Å². The topological polar surface area (TPSA) is 49.0 Å². The standard InChI is InChI=1S/C12H21N3O/c1-9(2)7-15(8-10(3)4)11-5-6-12(16)14-13-11/h5-6,9-10H,7-8H2,1-4H3,(H,14,16). The van der Waals surface area contributed by atoms with E-state index < -0.39 is 0 Å². The zero-order valence-electron chi connectivity index (χ0n) is 10.5. The summed E-state index contributed by atoms with van der Waals surface area (Å²) < 4.78 is 0. The van der Waals surface area contributed by atoms with Gasteiger partial charge >= 0.3 is 0 Å². The molecule has 0 saturated carbocycles. The molecule has 0 spiro atoms. The summed E-state index contributed by atoms with van der Waals surface area (Å²) in [6.45, 7) is 10.6. The molecular formula is C12H21N3O. The second-order valence-electron chi connectivity index (χ2n) is 4.97. The molecule has 0 aliphatic heterocycles. The molecule has 4 nitrogen and oxygen atoms in total. The van der Waals surface area contributed by atoms with Crippen LogP contribution in [0.25, 0.3) is 0 Å². The molecule has 0 fully saturated rings. The Morgan fingerprint density at radius 1 is 1.19 bits per heavy atom. The van der Waals surface area contributed by atoms with Gasteiger partial charge in [-0.3, -0.25) is 4.79 Å². The number of aromatic amines is 1. The van der Waals surface area contributed by atoms with Gasteiger partial charge in [0.15, 0.2) is 0 Å². The average Bonchev–Trinajstić information content (AvgIpc) is 2.16. The number of nitrogens with one attached hydrogen (secondary N) is 1. The van der Waals surface area contributed by atoms with Gasteiger partial charge < -0.3 is 4.90 Å². The minimum atomic E-state index is -0.155. The molecule has 90 valence electrons. The van der Waals surface area contributed by atoms with Crippen molar-refractivity contribution >= 4 is 5.82 Å². The third-order valence-corrected chi connectivity index (χ3v) is 2.16. The maximum atomic E-state index is 11.0. The molecule has 0 saturated heterocycles. The van der Waals surface area contributed by atoms with Gasteiger partial charge in [-0.25, -0.2) is 5.10 Å². The van der Waals surface area contributed by atoms with E-state index in [1.54, 1.807) is 6.07 Å². The highest BCUT2D eigenvalue weighted by Crippen LogP contribution is 2.12. The molecule has 4 heteroatoms. The largest absolute Gasteiger partial charge is 0.355 e. The minimum absolute atomic E-state index is 0.155. The Labute approximate surface area is 96.7 Å². The van der Waals surface area contributed by atoms with Gasteiger partial charge in [0.1, 0.15) is 5.82 Å². The van der Waals surface area contributed by atoms with Crippen LogP contribution in [0.15, 0.2) is 16.9 Å². The molecular weight excluding hydrogens is 202 g/mol. The van der Waals surface area contributed by atoms with Crippen LogP contribution in [0.2, 0.25) is 0 Å². The van der Waals surface area contributed by atoms with Crippen molar-refractivity contribution in [3.8, 4) is 0 Å². The van der Waals surface area contributed by atoms with Crippen LogP contribution in [0.5, 0.6) is 0 Å². The summed E-state index contributed by atoms with van der Waals surface area (Å²) >= 11 is 0. The lowest BCUT2D eigenvalue weighted by atomic mass is 10.1. The molecule has 0 aromatic carbocycles. The number of aromatic nitrogens is 2. The summed E-state index contributed by atoms with van der Waals surface area (Å²) in [5.41, 5.74) is -0.155. The molecule has 0 aliphatic carbocycles. The Morgan fingerprint density at radius 3 is 2.12 bits per heavy atom. The Bertz CT molecular complexity index is 340. The Morgan fingerprint density at radius 2 is 1.75 bits per heavy atom. The maximum absolute atomic E-state index is 11.0. The zero-order chi connectivity index (χ0) is 12.1. The molecule has 0 amide bonds. The molecule has 0 aliphatic rings. The van der Waals surface area contributed by atoms with Crippen molar-refractivity contribution in [1.82, 2.24) is 10.2 Å². The fraction of sp³-hybridized carbons (Fsp3) is 0.667. The highest BCUT2D eigenvalue weighted by Gasteiger charge is 2.11. The molecule has 1 N–H and O–H groups in total. The Balaban J connectivity index is 2.82. The number of H-pyrrole nitrogens is 1. The lowest BCUT2D eigenvalue weighted by Gasteiger charge is -2.26. The molecule has 0 unspecified atom stereocenters. The van der Waals surface area contributed by atoms with Crippen LogP contribution in [0, 0.1) is 11.8 Å². The molecule has 1 aromatic heterocycles. The fourth-order valence-corrected chi connectivity index (χ4v) is 1.66. The lowest BCUT2D eigenvalue weighted by Crippen LogP contribution is -2.32. The molecule has 0 atom stereocenters. The minimum Gasteiger partial charge on any atom is -0.355 e. The molecule has 0 radical (unpaired) electrons. The highest BCUT2D eigenvalue weighted by molar-refractivity contribution is 5.36. The van der Waals surface area contributed by atoms with Gasteiger partial charge in [-0.2, -0.15) is 5.10 Å². The molecule has 1 heterocycles. The normalized spacial score (nSPS) is 11.1. The number of anilines is 1. The van der Waals surface area contributed by atoms with Crippen LogP contribution in [-0.2, 0) is 0 Å². The number of hydrogen-bond acceptors (Lipinski definition) is 3. The van der Waals surface area contributed by atoms with Gasteiger partial charge in [-0.15, -0.1) is 0 Å². The van der Waals surface area contributed by atoms with Crippen molar-refractivity contribution in [2.75, 3.05) is 18.0 Å². The smallest absolute Gasteiger partial charge is 0.264 e. The van der Waals surface area contributed by atoms with Gasteiger partial charge in [0.05, 0.1) is 0 Å². The summed E-state index contributed by atoms with van der Waals surface area (Å²) in [5.74, 6) is 2.00. The van der Waals surface area contributed by atoms with E-state index in [1.165, 1.54) is 6.07 Å². The van der Waals surface area contributed by atoms with E-state index in [9.17, 15) is 4.79 Å². The van der Waals surface area contributed by atoms with Crippen LogP contribution in [0.1, 0.15) is 27.7 Å². The van der Waals surface area contributed by atoms with E-state index in [2.05, 4.69) is 42.8 Å². The van der Waals surface area contributed by atoms with Crippen LogP contribution in [-0.4, -0.2) is 23.3 Å². The van der Waals surface area contributed by atoms with Crippen molar-refractivity contribution in [1.29, 1.82) is 0 Å². The molecule has 1 rings (SSSR count). The second-order valence-corrected chi connectivity index (χ2v) is 4.97. The SMILES string of the molecule is CC(C)CN(CC(C)C)c1ccc(=O)[nH]n1. The summed E-state index contributed by atoms with van der Waals surface area (Å²) in [4.78, 5) is 13.2. The monoisotopic (exact) mass is 223 g/mol. The quantitative estimate of drug-likeness (QED) is 0.829. The first-order valence-electron chi connectivity index (χ1n) is 5.79. The summed E-state index contributed by atoms with van der Waals surface area (Å²) in [5, 5.41) is 6.55. The fourth-order valence-electron chi connectivity index (χ4n) is 1.66. The Kier molecular flexibility index (Phi) is 4.52. The molecule has 0 bridgehead atoms. The summed E-state index contributed by atoms with van der Waals surface area (Å²) in [6.07, 6.45) is 0. The average molecular weight is 223 g/mol. The predicted molar refractivity (Wildman–Crippen MR) is 66.7 cm³/mol. The van der Waals surface area contributed by atoms with E-state index in [1.807, 2.05) is 0 Å². The highest BCUT2D eigenvalue weighted by atomic mass is 16.1. The number of hydrogen-bond donors (Lipinski definition) is 1. The van der Waals surface area contributed by atoms with Gasteiger partial charge in [0.25, 0.3) is 5.56 Å². The van der Waals surface area contributed by atoms with Crippen LogP contribution >= 0.6 is 0 Å². The third kappa shape index (κ3) is 4.04. The van der Waals surface area contributed by atoms with Crippen LogP contribution < -0.4 is 10.5 Å². The summed E-state index contributed by atoms with van der Waals surface area (Å²) in [6, 6.07) is 3.31. The van der Waals surface area contributed by atoms with Gasteiger partial charge in [-0.1, -0.05) is 27.7 Å². The van der Waals surface area contributed by atoms with Crippen molar-refractivity contribution in [2.45, 2.75) is 27.7 Å². The van der Waals surface area contributed by atoms with Gasteiger partial charge in [0, 0.05) is 19.2 Å². The van der Waals surface area contributed by atoms with Crippen LogP contribution in [0.3, 0.4) is 0 Å². The molecule has 16 heavy (non-hydrogen) atoms. The predicted octanol–water partition coefficient (Wildman–Crippen LogP) is 1.89. The van der Waals surface area contributed by atoms with E-state index in [0.29, 0.717) is 11.8 Å².